The zero-order valence-corrected chi connectivity index (χ0v) is 10.9. The molecule has 1 aromatic carbocycles. The van der Waals surface area contributed by atoms with Crippen molar-refractivity contribution in [1.82, 2.24) is 5.32 Å². The highest BCUT2D eigenvalue weighted by Gasteiger charge is 2.36. The van der Waals surface area contributed by atoms with Gasteiger partial charge in [-0.3, -0.25) is 0 Å². The Morgan fingerprint density at radius 1 is 1.29 bits per heavy atom. The Hall–Kier alpha value is -1.22. The zero-order chi connectivity index (χ0) is 12.3. The maximum absolute atomic E-state index is 5.56. The molecule has 3 heteroatoms. The van der Waals surface area contributed by atoms with Gasteiger partial charge in [-0.15, -0.1) is 0 Å². The molecule has 0 spiro atoms. The Kier molecular flexibility index (Phi) is 3.57. The summed E-state index contributed by atoms with van der Waals surface area (Å²) in [6.07, 6.45) is 2.56. The van der Waals surface area contributed by atoms with Crippen molar-refractivity contribution in [2.45, 2.75) is 38.8 Å². The van der Waals surface area contributed by atoms with Gasteiger partial charge in [-0.2, -0.15) is 0 Å². The third kappa shape index (κ3) is 3.13. The van der Waals surface area contributed by atoms with Crippen LogP contribution in [-0.4, -0.2) is 19.3 Å². The maximum atomic E-state index is 5.56. The van der Waals surface area contributed by atoms with Gasteiger partial charge in [-0.25, -0.2) is 0 Å². The Bertz CT molecular complexity index is 386. The van der Waals surface area contributed by atoms with Gasteiger partial charge in [0.25, 0.3) is 0 Å². The molecule has 1 fully saturated rings. The smallest absolute Gasteiger partial charge is 0.161 e. The van der Waals surface area contributed by atoms with Crippen LogP contribution in [0.3, 0.4) is 0 Å². The van der Waals surface area contributed by atoms with Crippen molar-refractivity contribution in [3.05, 3.63) is 23.8 Å². The lowest BCUT2D eigenvalue weighted by Gasteiger charge is -2.14. The second-order valence-corrected chi connectivity index (χ2v) is 4.83. The van der Waals surface area contributed by atoms with Gasteiger partial charge in [-0.05, 0) is 44.4 Å². The number of nitrogens with one attached hydrogen (secondary N) is 1. The normalized spacial score (nSPS) is 16.6. The van der Waals surface area contributed by atoms with Gasteiger partial charge in [0.15, 0.2) is 11.5 Å². The van der Waals surface area contributed by atoms with Gasteiger partial charge in [0.2, 0.25) is 0 Å². The molecular weight excluding hydrogens is 214 g/mol. The average Bonchev–Trinajstić information content (AvgIpc) is 3.06. The Balaban J connectivity index is 2.04. The van der Waals surface area contributed by atoms with Crippen LogP contribution in [0.4, 0.5) is 0 Å². The predicted molar refractivity (Wildman–Crippen MR) is 68.6 cm³/mol. The molecule has 0 bridgehead atoms. The van der Waals surface area contributed by atoms with E-state index >= 15 is 0 Å². The van der Waals surface area contributed by atoms with Crippen LogP contribution in [-0.2, 0) is 6.54 Å². The van der Waals surface area contributed by atoms with Crippen LogP contribution in [0.2, 0.25) is 0 Å². The van der Waals surface area contributed by atoms with Crippen LogP contribution in [0, 0.1) is 0 Å². The van der Waals surface area contributed by atoms with E-state index < -0.39 is 0 Å². The molecule has 1 aliphatic carbocycles. The standard InChI is InChI=1S/C14H21NO2/c1-4-17-13-9-11(5-6-12(13)16-3)10-15-14(2)7-8-14/h5-6,9,15H,4,7-8,10H2,1-3H3. The Labute approximate surface area is 103 Å². The third-order valence-electron chi connectivity index (χ3n) is 3.25. The van der Waals surface area contributed by atoms with E-state index in [1.54, 1.807) is 7.11 Å². The van der Waals surface area contributed by atoms with Gasteiger partial charge in [0, 0.05) is 12.1 Å². The second-order valence-electron chi connectivity index (χ2n) is 4.83. The van der Waals surface area contributed by atoms with E-state index in [0.29, 0.717) is 12.1 Å². The van der Waals surface area contributed by atoms with Crippen molar-refractivity contribution in [2.24, 2.45) is 0 Å². The van der Waals surface area contributed by atoms with Crippen LogP contribution in [0.5, 0.6) is 11.5 Å². The molecule has 3 nitrogen and oxygen atoms in total. The summed E-state index contributed by atoms with van der Waals surface area (Å²) in [7, 11) is 1.67. The van der Waals surface area contributed by atoms with E-state index in [4.69, 9.17) is 9.47 Å². The molecule has 94 valence electrons. The lowest BCUT2D eigenvalue weighted by molar-refractivity contribution is 0.310. The topological polar surface area (TPSA) is 30.5 Å². The second kappa shape index (κ2) is 4.96. The predicted octanol–water partition coefficient (Wildman–Crippen LogP) is 2.74. The first kappa shape index (κ1) is 12.2. The SMILES string of the molecule is CCOc1cc(CNC2(C)CC2)ccc1OC. The highest BCUT2D eigenvalue weighted by molar-refractivity contribution is 5.43. The van der Waals surface area contributed by atoms with Gasteiger partial charge in [-0.1, -0.05) is 6.07 Å². The highest BCUT2D eigenvalue weighted by Crippen LogP contribution is 2.35. The third-order valence-corrected chi connectivity index (χ3v) is 3.25. The zero-order valence-electron chi connectivity index (χ0n) is 10.9. The van der Waals surface area contributed by atoms with Crippen molar-refractivity contribution in [3.8, 4) is 11.5 Å². The molecule has 0 aliphatic heterocycles. The molecule has 0 heterocycles. The number of methoxy groups -OCH3 is 1. The first-order chi connectivity index (χ1) is 8.17. The van der Waals surface area contributed by atoms with Gasteiger partial charge < -0.3 is 14.8 Å². The molecule has 0 radical (unpaired) electrons. The number of hydrogen-bond acceptors (Lipinski definition) is 3. The lowest BCUT2D eigenvalue weighted by Crippen LogP contribution is -2.26. The summed E-state index contributed by atoms with van der Waals surface area (Å²) >= 11 is 0. The number of rotatable bonds is 6. The quantitative estimate of drug-likeness (QED) is 0.822. The van der Waals surface area contributed by atoms with Crippen LogP contribution < -0.4 is 14.8 Å². The fraction of sp³-hybridized carbons (Fsp3) is 0.571. The first-order valence-electron chi connectivity index (χ1n) is 6.21. The molecule has 17 heavy (non-hydrogen) atoms. The molecular formula is C14H21NO2. The molecule has 1 N–H and O–H groups in total. The van der Waals surface area contributed by atoms with Crippen molar-refractivity contribution in [1.29, 1.82) is 0 Å². The number of hydrogen-bond donors (Lipinski definition) is 1. The minimum absolute atomic E-state index is 0.367. The lowest BCUT2D eigenvalue weighted by atomic mass is 10.2. The Morgan fingerprint density at radius 3 is 2.65 bits per heavy atom. The summed E-state index contributed by atoms with van der Waals surface area (Å²) in [4.78, 5) is 0. The van der Waals surface area contributed by atoms with Crippen LogP contribution >= 0.6 is 0 Å². The van der Waals surface area contributed by atoms with Crippen LogP contribution in [0.25, 0.3) is 0 Å². The summed E-state index contributed by atoms with van der Waals surface area (Å²) in [5, 5.41) is 3.56. The van der Waals surface area contributed by atoms with E-state index in [9.17, 15) is 0 Å². The maximum Gasteiger partial charge on any atom is 0.161 e. The molecule has 1 saturated carbocycles. The van der Waals surface area contributed by atoms with Crippen LogP contribution in [0.1, 0.15) is 32.3 Å². The van der Waals surface area contributed by atoms with Gasteiger partial charge in [0.05, 0.1) is 13.7 Å². The minimum atomic E-state index is 0.367. The van der Waals surface area contributed by atoms with E-state index in [1.165, 1.54) is 18.4 Å². The van der Waals surface area contributed by atoms with E-state index in [0.717, 1.165) is 18.0 Å². The average molecular weight is 235 g/mol. The fourth-order valence-electron chi connectivity index (χ4n) is 1.78. The largest absolute Gasteiger partial charge is 0.493 e. The van der Waals surface area contributed by atoms with E-state index in [2.05, 4.69) is 24.4 Å². The van der Waals surface area contributed by atoms with Crippen LogP contribution in [0.15, 0.2) is 18.2 Å². The van der Waals surface area contributed by atoms with E-state index in [-0.39, 0.29) is 0 Å². The van der Waals surface area contributed by atoms with Crippen molar-refractivity contribution < 1.29 is 9.47 Å². The first-order valence-corrected chi connectivity index (χ1v) is 6.21. The molecule has 1 aromatic rings. The van der Waals surface area contributed by atoms with Crippen molar-refractivity contribution in [3.63, 3.8) is 0 Å². The van der Waals surface area contributed by atoms with Gasteiger partial charge >= 0.3 is 0 Å². The Morgan fingerprint density at radius 2 is 2.06 bits per heavy atom. The number of ether oxygens (including phenoxy) is 2. The number of benzene rings is 1. The summed E-state index contributed by atoms with van der Waals surface area (Å²) < 4.78 is 10.8. The minimum Gasteiger partial charge on any atom is -0.493 e. The summed E-state index contributed by atoms with van der Waals surface area (Å²) in [5.41, 5.74) is 1.61. The molecule has 1 aliphatic rings. The molecule has 0 aromatic heterocycles. The molecule has 0 atom stereocenters. The van der Waals surface area contributed by atoms with E-state index in [1.807, 2.05) is 13.0 Å². The molecule has 0 unspecified atom stereocenters. The molecule has 0 amide bonds. The summed E-state index contributed by atoms with van der Waals surface area (Å²) in [5.74, 6) is 1.63. The summed E-state index contributed by atoms with van der Waals surface area (Å²) in [6.45, 7) is 5.79. The van der Waals surface area contributed by atoms with Crippen molar-refractivity contribution in [2.75, 3.05) is 13.7 Å². The molecule has 0 saturated heterocycles. The molecule has 2 rings (SSSR count). The highest BCUT2D eigenvalue weighted by atomic mass is 16.5. The van der Waals surface area contributed by atoms with Gasteiger partial charge in [0.1, 0.15) is 0 Å². The monoisotopic (exact) mass is 235 g/mol. The van der Waals surface area contributed by atoms with Crippen molar-refractivity contribution >= 4 is 0 Å². The fourth-order valence-corrected chi connectivity index (χ4v) is 1.78. The summed E-state index contributed by atoms with van der Waals surface area (Å²) in [6, 6.07) is 6.11.